The van der Waals surface area contributed by atoms with Crippen molar-refractivity contribution in [1.82, 2.24) is 0 Å². The van der Waals surface area contributed by atoms with Crippen LogP contribution in [0, 0.1) is 26.2 Å². The zero-order valence-corrected chi connectivity index (χ0v) is 16.1. The van der Waals surface area contributed by atoms with Crippen molar-refractivity contribution >= 4 is 15.7 Å². The molecule has 2 aliphatic carbocycles. The van der Waals surface area contributed by atoms with Crippen molar-refractivity contribution in [3.63, 3.8) is 0 Å². The molecular formula is C20H28O3S. The molecular weight excluding hydrogens is 320 g/mol. The van der Waals surface area contributed by atoms with Gasteiger partial charge in [0.2, 0.25) is 0 Å². The molecule has 0 bridgehead atoms. The lowest BCUT2D eigenvalue weighted by Gasteiger charge is -2.35. The summed E-state index contributed by atoms with van der Waals surface area (Å²) < 4.78 is 29.6. The van der Waals surface area contributed by atoms with Crippen molar-refractivity contribution < 1.29 is 12.6 Å². The van der Waals surface area contributed by atoms with Crippen LogP contribution >= 0.6 is 0 Å². The van der Waals surface area contributed by atoms with Crippen molar-refractivity contribution in [3.8, 4) is 0 Å². The number of rotatable bonds is 3. The Labute approximate surface area is 146 Å². The summed E-state index contributed by atoms with van der Waals surface area (Å²) in [6.07, 6.45) is 8.75. The Morgan fingerprint density at radius 1 is 0.958 bits per heavy atom. The Morgan fingerprint density at radius 2 is 1.54 bits per heavy atom. The maximum Gasteiger partial charge on any atom is 0.305 e. The van der Waals surface area contributed by atoms with Crippen molar-refractivity contribution in [2.75, 3.05) is 6.26 Å². The lowest BCUT2D eigenvalue weighted by atomic mass is 9.72. The zero-order chi connectivity index (χ0) is 17.5. The molecule has 2 aliphatic rings. The van der Waals surface area contributed by atoms with Crippen LogP contribution in [0.2, 0.25) is 0 Å². The topological polar surface area (TPSA) is 43.4 Å². The number of aryl methyl sites for hydroxylation is 3. The van der Waals surface area contributed by atoms with Crippen LogP contribution < -0.4 is 0 Å². The molecule has 0 saturated heterocycles. The van der Waals surface area contributed by atoms with Crippen LogP contribution in [0.25, 0.3) is 5.57 Å². The highest BCUT2D eigenvalue weighted by molar-refractivity contribution is 7.86. The monoisotopic (exact) mass is 348 g/mol. The first kappa shape index (κ1) is 17.5. The van der Waals surface area contributed by atoms with Gasteiger partial charge in [-0.3, -0.25) is 0 Å². The third-order valence-electron chi connectivity index (χ3n) is 5.63. The van der Waals surface area contributed by atoms with Gasteiger partial charge in [0.25, 0.3) is 0 Å². The van der Waals surface area contributed by atoms with Crippen LogP contribution in [0.5, 0.6) is 0 Å². The van der Waals surface area contributed by atoms with Gasteiger partial charge < -0.3 is 4.18 Å². The Morgan fingerprint density at radius 3 is 2.08 bits per heavy atom. The third kappa shape index (κ3) is 3.26. The van der Waals surface area contributed by atoms with Gasteiger partial charge in [-0.05, 0) is 68.7 Å². The number of benzene rings is 1. The summed E-state index contributed by atoms with van der Waals surface area (Å²) in [6.45, 7) is 6.34. The summed E-state index contributed by atoms with van der Waals surface area (Å²) in [4.78, 5) is 0. The first-order valence-electron chi connectivity index (χ1n) is 8.93. The maximum absolute atomic E-state index is 12.0. The highest BCUT2D eigenvalue weighted by atomic mass is 32.2. The van der Waals surface area contributed by atoms with E-state index in [4.69, 9.17) is 4.18 Å². The third-order valence-corrected chi connectivity index (χ3v) is 6.10. The quantitative estimate of drug-likeness (QED) is 0.718. The first-order valence-corrected chi connectivity index (χ1v) is 10.7. The molecule has 1 fully saturated rings. The van der Waals surface area contributed by atoms with Gasteiger partial charge in [-0.2, -0.15) is 8.42 Å². The molecule has 132 valence electrons. The van der Waals surface area contributed by atoms with Gasteiger partial charge >= 0.3 is 10.1 Å². The fourth-order valence-corrected chi connectivity index (χ4v) is 5.38. The molecule has 3 nitrogen and oxygen atoms in total. The molecule has 4 heteroatoms. The standard InChI is InChI=1S/C20H28O3S/c1-14-12-15(2)18(16(3)13-14)17-8-11-20(9-6-5-7-10-20)19(17)23-24(4,21)22/h12-13H,5-11H2,1-4H3. The summed E-state index contributed by atoms with van der Waals surface area (Å²) in [5.41, 5.74) is 5.92. The summed E-state index contributed by atoms with van der Waals surface area (Å²) in [7, 11) is -3.52. The average molecular weight is 349 g/mol. The smallest absolute Gasteiger partial charge is 0.305 e. The fourth-order valence-electron chi connectivity index (χ4n) is 4.80. The maximum atomic E-state index is 12.0. The minimum absolute atomic E-state index is 0.0690. The van der Waals surface area contributed by atoms with E-state index in [0.717, 1.165) is 49.9 Å². The molecule has 0 aromatic heterocycles. The van der Waals surface area contributed by atoms with E-state index in [1.807, 2.05) is 0 Å². The Kier molecular flexibility index (Phi) is 4.54. The summed E-state index contributed by atoms with van der Waals surface area (Å²) in [6, 6.07) is 4.36. The molecule has 0 unspecified atom stereocenters. The number of allylic oxidation sites excluding steroid dienone is 2. The highest BCUT2D eigenvalue weighted by Gasteiger charge is 2.45. The van der Waals surface area contributed by atoms with Gasteiger partial charge in [0, 0.05) is 5.41 Å². The van der Waals surface area contributed by atoms with Crippen molar-refractivity contribution in [3.05, 3.63) is 40.1 Å². The van der Waals surface area contributed by atoms with Crippen molar-refractivity contribution in [2.24, 2.45) is 5.41 Å². The average Bonchev–Trinajstić information content (AvgIpc) is 2.76. The van der Waals surface area contributed by atoms with Gasteiger partial charge in [-0.25, -0.2) is 0 Å². The molecule has 0 N–H and O–H groups in total. The first-order chi connectivity index (χ1) is 11.2. The fraction of sp³-hybridized carbons (Fsp3) is 0.600. The Hall–Kier alpha value is -1.29. The normalized spacial score (nSPS) is 20.7. The minimum Gasteiger partial charge on any atom is -0.386 e. The minimum atomic E-state index is -3.52. The molecule has 24 heavy (non-hydrogen) atoms. The van der Waals surface area contributed by atoms with Gasteiger partial charge in [0.15, 0.2) is 0 Å². The SMILES string of the molecule is Cc1cc(C)c(C2=C(OS(C)(=O)=O)C3(CCCCC3)CC2)c(C)c1. The van der Waals surface area contributed by atoms with Gasteiger partial charge in [-0.15, -0.1) is 0 Å². The van der Waals surface area contributed by atoms with Gasteiger partial charge in [0.05, 0.1) is 6.26 Å². The van der Waals surface area contributed by atoms with Crippen LogP contribution in [0.15, 0.2) is 17.9 Å². The highest BCUT2D eigenvalue weighted by Crippen LogP contribution is 2.56. The van der Waals surface area contributed by atoms with E-state index in [0.29, 0.717) is 0 Å². The van der Waals surface area contributed by atoms with E-state index in [9.17, 15) is 8.42 Å². The van der Waals surface area contributed by atoms with Crippen molar-refractivity contribution in [1.29, 1.82) is 0 Å². The molecule has 0 radical (unpaired) electrons. The van der Waals surface area contributed by atoms with Crippen LogP contribution in [-0.4, -0.2) is 14.7 Å². The van der Waals surface area contributed by atoms with Gasteiger partial charge in [0.1, 0.15) is 5.76 Å². The molecule has 1 aromatic carbocycles. The van der Waals surface area contributed by atoms with Crippen LogP contribution in [-0.2, 0) is 14.3 Å². The molecule has 1 aromatic rings. The van der Waals surface area contributed by atoms with Gasteiger partial charge in [-0.1, -0.05) is 37.0 Å². The summed E-state index contributed by atoms with van der Waals surface area (Å²) in [5, 5.41) is 0. The predicted molar refractivity (Wildman–Crippen MR) is 98.3 cm³/mol. The van der Waals surface area contributed by atoms with Crippen LogP contribution in [0.4, 0.5) is 0 Å². The molecule has 1 saturated carbocycles. The second-order valence-electron chi connectivity index (χ2n) is 7.71. The molecule has 0 heterocycles. The summed E-state index contributed by atoms with van der Waals surface area (Å²) >= 11 is 0. The molecule has 1 spiro atoms. The molecule has 0 atom stereocenters. The largest absolute Gasteiger partial charge is 0.386 e. The zero-order valence-electron chi connectivity index (χ0n) is 15.2. The molecule has 3 rings (SSSR count). The number of hydrogen-bond donors (Lipinski definition) is 0. The second kappa shape index (κ2) is 6.21. The van der Waals surface area contributed by atoms with Crippen LogP contribution in [0.3, 0.4) is 0 Å². The number of hydrogen-bond acceptors (Lipinski definition) is 3. The Bertz CT molecular complexity index is 758. The predicted octanol–water partition coefficient (Wildman–Crippen LogP) is 5.04. The lowest BCUT2D eigenvalue weighted by Crippen LogP contribution is -2.26. The van der Waals surface area contributed by atoms with E-state index >= 15 is 0 Å². The van der Waals surface area contributed by atoms with E-state index < -0.39 is 10.1 Å². The summed E-state index contributed by atoms with van der Waals surface area (Å²) in [5.74, 6) is 0.750. The van der Waals surface area contributed by atoms with E-state index in [1.165, 1.54) is 34.9 Å². The van der Waals surface area contributed by atoms with Crippen molar-refractivity contribution in [2.45, 2.75) is 65.7 Å². The molecule has 0 amide bonds. The molecule has 0 aliphatic heterocycles. The van der Waals surface area contributed by atoms with Crippen LogP contribution in [0.1, 0.15) is 67.2 Å². The second-order valence-corrected chi connectivity index (χ2v) is 9.28. The van der Waals surface area contributed by atoms with E-state index in [-0.39, 0.29) is 5.41 Å². The van der Waals surface area contributed by atoms with E-state index in [2.05, 4.69) is 32.9 Å². The Balaban J connectivity index is 2.18. The van der Waals surface area contributed by atoms with E-state index in [1.54, 1.807) is 0 Å². The lowest BCUT2D eigenvalue weighted by molar-refractivity contribution is 0.175.